The quantitative estimate of drug-likeness (QED) is 0.696. The lowest BCUT2D eigenvalue weighted by molar-refractivity contribution is -0.141. The number of ether oxygens (including phenoxy) is 1. The number of para-hydroxylation sites is 1. The molecule has 0 aliphatic rings. The summed E-state index contributed by atoms with van der Waals surface area (Å²) in [4.78, 5) is 27.4. The normalized spacial score (nSPS) is 12.1. The zero-order valence-electron chi connectivity index (χ0n) is 13.5. The van der Waals surface area contributed by atoms with Crippen molar-refractivity contribution in [1.82, 2.24) is 10.3 Å². The Morgan fingerprint density at radius 2 is 2.17 bits per heavy atom. The highest BCUT2D eigenvalue weighted by molar-refractivity contribution is 7.08. The van der Waals surface area contributed by atoms with E-state index < -0.39 is 6.04 Å². The summed E-state index contributed by atoms with van der Waals surface area (Å²) < 4.78 is 4.74. The molecule has 0 aliphatic heterocycles. The van der Waals surface area contributed by atoms with Crippen molar-refractivity contribution < 1.29 is 14.3 Å². The Hall–Kier alpha value is -2.60. The van der Waals surface area contributed by atoms with E-state index in [1.807, 2.05) is 48.0 Å². The number of thiophene rings is 1. The molecular formula is C18H18N2O3S. The van der Waals surface area contributed by atoms with Crippen LogP contribution in [0.3, 0.4) is 0 Å². The maximum Gasteiger partial charge on any atom is 0.307 e. The van der Waals surface area contributed by atoms with Gasteiger partial charge in [0.15, 0.2) is 0 Å². The number of aromatic amines is 1. The van der Waals surface area contributed by atoms with Crippen molar-refractivity contribution in [1.29, 1.82) is 0 Å². The van der Waals surface area contributed by atoms with E-state index >= 15 is 0 Å². The number of carbonyl (C=O) groups is 2. The molecule has 1 unspecified atom stereocenters. The van der Waals surface area contributed by atoms with Crippen molar-refractivity contribution in [3.63, 3.8) is 0 Å². The Balaban J connectivity index is 1.84. The minimum absolute atomic E-state index is 0.0955. The summed E-state index contributed by atoms with van der Waals surface area (Å²) in [5, 5.41) is 7.74. The van der Waals surface area contributed by atoms with Gasteiger partial charge in [0.1, 0.15) is 5.69 Å². The maximum absolute atomic E-state index is 12.6. The number of amides is 1. The zero-order chi connectivity index (χ0) is 17.1. The second-order valence-corrected chi connectivity index (χ2v) is 6.37. The molecule has 2 N–H and O–H groups in total. The number of hydrogen-bond acceptors (Lipinski definition) is 4. The van der Waals surface area contributed by atoms with Gasteiger partial charge in [0.25, 0.3) is 5.91 Å². The van der Waals surface area contributed by atoms with Gasteiger partial charge in [-0.25, -0.2) is 0 Å². The molecule has 2 heterocycles. The smallest absolute Gasteiger partial charge is 0.307 e. The van der Waals surface area contributed by atoms with E-state index in [4.69, 9.17) is 4.74 Å². The lowest BCUT2D eigenvalue weighted by atomic mass is 10.1. The second-order valence-electron chi connectivity index (χ2n) is 5.59. The first-order valence-corrected chi connectivity index (χ1v) is 8.51. The number of fused-ring (bicyclic) bond motifs is 1. The molecule has 6 heteroatoms. The highest BCUT2D eigenvalue weighted by Crippen LogP contribution is 2.22. The number of nitrogens with one attached hydrogen (secondary N) is 2. The predicted molar refractivity (Wildman–Crippen MR) is 94.2 cm³/mol. The Morgan fingerprint density at radius 1 is 1.33 bits per heavy atom. The van der Waals surface area contributed by atoms with Crippen LogP contribution in [0.5, 0.6) is 0 Å². The molecule has 0 bridgehead atoms. The highest BCUT2D eigenvalue weighted by atomic mass is 32.1. The molecule has 1 aromatic carbocycles. The summed E-state index contributed by atoms with van der Waals surface area (Å²) in [7, 11) is 1.34. The molecule has 3 aromatic rings. The fourth-order valence-electron chi connectivity index (χ4n) is 2.64. The van der Waals surface area contributed by atoms with Crippen LogP contribution in [0.25, 0.3) is 10.9 Å². The van der Waals surface area contributed by atoms with E-state index in [0.29, 0.717) is 5.69 Å². The molecule has 0 saturated carbocycles. The number of methoxy groups -OCH3 is 1. The topological polar surface area (TPSA) is 71.2 Å². The van der Waals surface area contributed by atoms with Crippen LogP contribution in [0.1, 0.15) is 34.1 Å². The molecule has 1 amide bonds. The van der Waals surface area contributed by atoms with Crippen LogP contribution in [0, 0.1) is 6.92 Å². The summed E-state index contributed by atoms with van der Waals surface area (Å²) in [6.45, 7) is 1.99. The lowest BCUT2D eigenvalue weighted by Gasteiger charge is -2.16. The summed E-state index contributed by atoms with van der Waals surface area (Å²) in [5.74, 6) is -0.607. The Kier molecular flexibility index (Phi) is 4.66. The number of benzene rings is 1. The van der Waals surface area contributed by atoms with Crippen molar-refractivity contribution in [3.05, 3.63) is 57.9 Å². The van der Waals surface area contributed by atoms with Gasteiger partial charge in [-0.2, -0.15) is 11.3 Å². The third-order valence-electron chi connectivity index (χ3n) is 3.96. The fraction of sp³-hybridized carbons (Fsp3) is 0.222. The maximum atomic E-state index is 12.6. The number of aryl methyl sites for hydroxylation is 1. The second kappa shape index (κ2) is 6.88. The van der Waals surface area contributed by atoms with Gasteiger partial charge in [-0.05, 0) is 40.9 Å². The Bertz CT molecular complexity index is 868. The summed E-state index contributed by atoms with van der Waals surface area (Å²) >= 11 is 1.52. The van der Waals surface area contributed by atoms with Gasteiger partial charge in [0, 0.05) is 10.9 Å². The van der Waals surface area contributed by atoms with Crippen molar-refractivity contribution in [2.24, 2.45) is 0 Å². The van der Waals surface area contributed by atoms with Gasteiger partial charge in [-0.3, -0.25) is 9.59 Å². The number of H-pyrrole nitrogens is 1. The van der Waals surface area contributed by atoms with Crippen molar-refractivity contribution in [3.8, 4) is 0 Å². The van der Waals surface area contributed by atoms with Crippen LogP contribution in [-0.4, -0.2) is 24.0 Å². The highest BCUT2D eigenvalue weighted by Gasteiger charge is 2.21. The minimum Gasteiger partial charge on any atom is -0.469 e. The van der Waals surface area contributed by atoms with Gasteiger partial charge in [-0.15, -0.1) is 0 Å². The Labute approximate surface area is 143 Å². The lowest BCUT2D eigenvalue weighted by Crippen LogP contribution is -2.30. The van der Waals surface area contributed by atoms with E-state index in [0.717, 1.165) is 22.0 Å². The molecule has 124 valence electrons. The van der Waals surface area contributed by atoms with Crippen LogP contribution in [0.15, 0.2) is 41.1 Å². The average molecular weight is 342 g/mol. The van der Waals surface area contributed by atoms with Crippen LogP contribution >= 0.6 is 11.3 Å². The predicted octanol–water partition coefficient (Wildman–Crippen LogP) is 3.57. The number of carbonyl (C=O) groups excluding carboxylic acids is 2. The summed E-state index contributed by atoms with van der Waals surface area (Å²) in [6, 6.07) is 9.21. The third kappa shape index (κ3) is 3.33. The number of rotatable bonds is 5. The molecule has 0 spiro atoms. The standard InChI is InChI=1S/C18H18N2O3S/c1-11-4-3-5-12-8-15(19-17(11)12)18(22)20-14(9-16(21)23-2)13-6-7-24-10-13/h3-8,10,14,19H,9H2,1-2H3,(H,20,22). The molecule has 5 nitrogen and oxygen atoms in total. The SMILES string of the molecule is COC(=O)CC(NC(=O)c1cc2cccc(C)c2[nH]1)c1ccsc1. The van der Waals surface area contributed by atoms with Crippen LogP contribution in [0.4, 0.5) is 0 Å². The van der Waals surface area contributed by atoms with Crippen LogP contribution in [-0.2, 0) is 9.53 Å². The van der Waals surface area contributed by atoms with E-state index in [1.54, 1.807) is 0 Å². The van der Waals surface area contributed by atoms with Gasteiger partial charge in [-0.1, -0.05) is 18.2 Å². The Morgan fingerprint density at radius 3 is 2.83 bits per heavy atom. The largest absolute Gasteiger partial charge is 0.469 e. The zero-order valence-corrected chi connectivity index (χ0v) is 14.3. The third-order valence-corrected chi connectivity index (χ3v) is 4.66. The van der Waals surface area contributed by atoms with Gasteiger partial charge in [0.2, 0.25) is 0 Å². The number of esters is 1. The molecule has 1 atom stereocenters. The first kappa shape index (κ1) is 16.3. The van der Waals surface area contributed by atoms with Crippen LogP contribution < -0.4 is 5.32 Å². The molecule has 24 heavy (non-hydrogen) atoms. The molecule has 3 rings (SSSR count). The van der Waals surface area contributed by atoms with E-state index in [-0.39, 0.29) is 18.3 Å². The number of hydrogen-bond donors (Lipinski definition) is 2. The summed E-state index contributed by atoms with van der Waals surface area (Å²) in [6.07, 6.45) is 0.0955. The van der Waals surface area contributed by atoms with Crippen molar-refractivity contribution in [2.45, 2.75) is 19.4 Å². The number of aromatic nitrogens is 1. The van der Waals surface area contributed by atoms with Crippen LogP contribution in [0.2, 0.25) is 0 Å². The summed E-state index contributed by atoms with van der Waals surface area (Å²) in [5.41, 5.74) is 3.40. The van der Waals surface area contributed by atoms with E-state index in [1.165, 1.54) is 18.4 Å². The molecule has 0 aliphatic carbocycles. The van der Waals surface area contributed by atoms with Gasteiger partial charge in [0.05, 0.1) is 19.6 Å². The molecule has 0 saturated heterocycles. The average Bonchev–Trinajstić information content (AvgIpc) is 3.24. The van der Waals surface area contributed by atoms with E-state index in [2.05, 4.69) is 10.3 Å². The molecular weight excluding hydrogens is 324 g/mol. The first-order chi connectivity index (χ1) is 11.6. The van der Waals surface area contributed by atoms with E-state index in [9.17, 15) is 9.59 Å². The molecule has 0 fully saturated rings. The fourth-order valence-corrected chi connectivity index (χ4v) is 3.36. The van der Waals surface area contributed by atoms with Gasteiger partial charge >= 0.3 is 5.97 Å². The van der Waals surface area contributed by atoms with Gasteiger partial charge < -0.3 is 15.0 Å². The monoisotopic (exact) mass is 342 g/mol. The van der Waals surface area contributed by atoms with Crippen molar-refractivity contribution in [2.75, 3.05) is 7.11 Å². The first-order valence-electron chi connectivity index (χ1n) is 7.56. The molecule has 2 aromatic heterocycles. The minimum atomic E-state index is -0.413. The van der Waals surface area contributed by atoms with Crippen molar-refractivity contribution >= 4 is 34.1 Å². The molecule has 0 radical (unpaired) electrons.